The molecule has 0 fully saturated rings. The molecule has 138 valence electrons. The van der Waals surface area contributed by atoms with Gasteiger partial charge in [-0.05, 0) is 25.0 Å². The summed E-state index contributed by atoms with van der Waals surface area (Å²) in [5, 5.41) is 6.51. The molecule has 2 N–H and O–H groups in total. The van der Waals surface area contributed by atoms with Crippen molar-refractivity contribution < 1.29 is 4.79 Å². The van der Waals surface area contributed by atoms with Crippen molar-refractivity contribution in [3.8, 4) is 0 Å². The quantitative estimate of drug-likeness (QED) is 0.621. The maximum atomic E-state index is 11.9. The second kappa shape index (κ2) is 9.61. The predicted octanol–water partition coefficient (Wildman–Crippen LogP) is 2.88. The number of guanidine groups is 1. The van der Waals surface area contributed by atoms with Crippen molar-refractivity contribution in [2.45, 2.75) is 26.4 Å². The number of hydrogen-bond acceptors (Lipinski definition) is 2. The molecule has 0 aliphatic rings. The smallest absolute Gasteiger partial charge is 0.241 e. The number of hydrogen-bond donors (Lipinski definition) is 2. The highest BCUT2D eigenvalue weighted by Crippen LogP contribution is 2.11. The Kier molecular flexibility index (Phi) is 7.21. The SMILES string of the molecule is Cc1cccc(CN=C(NCC(=O)N(C)C)NC(C)c2ccccc2)c1. The van der Waals surface area contributed by atoms with Gasteiger partial charge >= 0.3 is 0 Å². The van der Waals surface area contributed by atoms with Crippen LogP contribution in [0.5, 0.6) is 0 Å². The summed E-state index contributed by atoms with van der Waals surface area (Å²) in [7, 11) is 3.49. The zero-order valence-corrected chi connectivity index (χ0v) is 16.0. The average molecular weight is 352 g/mol. The van der Waals surface area contributed by atoms with E-state index >= 15 is 0 Å². The normalized spacial score (nSPS) is 12.4. The molecule has 2 aromatic carbocycles. The van der Waals surface area contributed by atoms with Crippen LogP contribution in [0.15, 0.2) is 59.6 Å². The minimum Gasteiger partial charge on any atom is -0.350 e. The second-order valence-electron chi connectivity index (χ2n) is 6.57. The number of benzene rings is 2. The molecule has 1 amide bonds. The Morgan fingerprint density at radius 3 is 2.50 bits per heavy atom. The van der Waals surface area contributed by atoms with Crippen molar-refractivity contribution in [1.29, 1.82) is 0 Å². The molecular weight excluding hydrogens is 324 g/mol. The van der Waals surface area contributed by atoms with Crippen molar-refractivity contribution in [3.63, 3.8) is 0 Å². The van der Waals surface area contributed by atoms with Crippen LogP contribution in [-0.2, 0) is 11.3 Å². The van der Waals surface area contributed by atoms with E-state index in [0.29, 0.717) is 12.5 Å². The van der Waals surface area contributed by atoms with E-state index in [2.05, 4.69) is 59.8 Å². The van der Waals surface area contributed by atoms with Gasteiger partial charge in [-0.3, -0.25) is 4.79 Å². The molecule has 0 heterocycles. The van der Waals surface area contributed by atoms with Gasteiger partial charge in [0.2, 0.25) is 5.91 Å². The third-order valence-corrected chi connectivity index (χ3v) is 4.06. The van der Waals surface area contributed by atoms with Crippen LogP contribution in [0.25, 0.3) is 0 Å². The number of aryl methyl sites for hydroxylation is 1. The number of nitrogens with zero attached hydrogens (tertiary/aromatic N) is 2. The summed E-state index contributed by atoms with van der Waals surface area (Å²) in [5.74, 6) is 0.625. The number of nitrogens with one attached hydrogen (secondary N) is 2. The summed E-state index contributed by atoms with van der Waals surface area (Å²) in [6.45, 7) is 4.90. The fourth-order valence-corrected chi connectivity index (χ4v) is 2.48. The van der Waals surface area contributed by atoms with E-state index in [1.807, 2.05) is 24.3 Å². The second-order valence-corrected chi connectivity index (χ2v) is 6.57. The molecule has 5 heteroatoms. The van der Waals surface area contributed by atoms with Crippen LogP contribution in [0.3, 0.4) is 0 Å². The van der Waals surface area contributed by atoms with E-state index in [1.165, 1.54) is 5.56 Å². The van der Waals surface area contributed by atoms with E-state index in [-0.39, 0.29) is 18.5 Å². The van der Waals surface area contributed by atoms with Gasteiger partial charge in [-0.25, -0.2) is 4.99 Å². The summed E-state index contributed by atoms with van der Waals surface area (Å²) >= 11 is 0. The molecule has 1 unspecified atom stereocenters. The molecule has 0 radical (unpaired) electrons. The maximum Gasteiger partial charge on any atom is 0.241 e. The largest absolute Gasteiger partial charge is 0.350 e. The summed E-state index contributed by atoms with van der Waals surface area (Å²) < 4.78 is 0. The molecule has 5 nitrogen and oxygen atoms in total. The van der Waals surface area contributed by atoms with Crippen molar-refractivity contribution in [2.24, 2.45) is 4.99 Å². The summed E-state index contributed by atoms with van der Waals surface area (Å²) in [6, 6.07) is 18.5. The van der Waals surface area contributed by atoms with Crippen molar-refractivity contribution in [3.05, 3.63) is 71.3 Å². The molecule has 1 atom stereocenters. The van der Waals surface area contributed by atoms with Crippen LogP contribution >= 0.6 is 0 Å². The van der Waals surface area contributed by atoms with Crippen molar-refractivity contribution >= 4 is 11.9 Å². The topological polar surface area (TPSA) is 56.7 Å². The van der Waals surface area contributed by atoms with Crippen molar-refractivity contribution in [1.82, 2.24) is 15.5 Å². The fourth-order valence-electron chi connectivity index (χ4n) is 2.48. The third-order valence-electron chi connectivity index (χ3n) is 4.06. The monoisotopic (exact) mass is 352 g/mol. The molecule has 0 bridgehead atoms. The van der Waals surface area contributed by atoms with Crippen LogP contribution < -0.4 is 10.6 Å². The number of likely N-dealkylation sites (N-methyl/N-ethyl adjacent to an activating group) is 1. The lowest BCUT2D eigenvalue weighted by Gasteiger charge is -2.19. The first-order valence-electron chi connectivity index (χ1n) is 8.81. The Morgan fingerprint density at radius 2 is 1.85 bits per heavy atom. The number of carbonyl (C=O) groups excluding carboxylic acids is 1. The minimum absolute atomic E-state index is 0.00224. The Bertz CT molecular complexity index is 741. The van der Waals surface area contributed by atoms with Gasteiger partial charge in [-0.1, -0.05) is 60.2 Å². The first kappa shape index (κ1) is 19.5. The lowest BCUT2D eigenvalue weighted by atomic mass is 10.1. The minimum atomic E-state index is 0.00224. The molecular formula is C21H28N4O. The van der Waals surface area contributed by atoms with Crippen molar-refractivity contribution in [2.75, 3.05) is 20.6 Å². The average Bonchev–Trinajstić information content (AvgIpc) is 2.64. The van der Waals surface area contributed by atoms with Crippen LogP contribution in [0.2, 0.25) is 0 Å². The van der Waals surface area contributed by atoms with E-state index < -0.39 is 0 Å². The summed E-state index contributed by atoms with van der Waals surface area (Å²) in [4.78, 5) is 18.1. The molecule has 0 aromatic heterocycles. The first-order valence-corrected chi connectivity index (χ1v) is 8.81. The Morgan fingerprint density at radius 1 is 1.12 bits per heavy atom. The van der Waals surface area contributed by atoms with Crippen LogP contribution in [0.1, 0.15) is 29.7 Å². The number of carbonyl (C=O) groups is 1. The van der Waals surface area contributed by atoms with Gasteiger partial charge in [0.1, 0.15) is 0 Å². The van der Waals surface area contributed by atoms with Gasteiger partial charge in [-0.15, -0.1) is 0 Å². The molecule has 0 saturated carbocycles. The highest BCUT2D eigenvalue weighted by Gasteiger charge is 2.10. The number of rotatable bonds is 6. The van der Waals surface area contributed by atoms with Gasteiger partial charge in [0.15, 0.2) is 5.96 Å². The number of amides is 1. The van der Waals surface area contributed by atoms with E-state index in [9.17, 15) is 4.79 Å². The first-order chi connectivity index (χ1) is 12.5. The van der Waals surface area contributed by atoms with Gasteiger partial charge in [0, 0.05) is 14.1 Å². The molecule has 0 aliphatic heterocycles. The highest BCUT2D eigenvalue weighted by molar-refractivity contribution is 5.86. The van der Waals surface area contributed by atoms with Gasteiger partial charge in [-0.2, -0.15) is 0 Å². The van der Waals surface area contributed by atoms with E-state index in [4.69, 9.17) is 0 Å². The molecule has 26 heavy (non-hydrogen) atoms. The lowest BCUT2D eigenvalue weighted by molar-refractivity contribution is -0.127. The molecule has 2 aromatic rings. The Labute approximate surface area is 156 Å². The fraction of sp³-hybridized carbons (Fsp3) is 0.333. The van der Waals surface area contributed by atoms with Crippen LogP contribution in [0.4, 0.5) is 0 Å². The van der Waals surface area contributed by atoms with Crippen LogP contribution in [0, 0.1) is 6.92 Å². The Balaban J connectivity index is 2.09. The highest BCUT2D eigenvalue weighted by atomic mass is 16.2. The lowest BCUT2D eigenvalue weighted by Crippen LogP contribution is -2.43. The van der Waals surface area contributed by atoms with E-state index in [1.54, 1.807) is 19.0 Å². The zero-order valence-electron chi connectivity index (χ0n) is 16.0. The maximum absolute atomic E-state index is 11.9. The predicted molar refractivity (Wildman–Crippen MR) is 107 cm³/mol. The number of aliphatic imine (C=N–C) groups is 1. The molecule has 0 aliphatic carbocycles. The summed E-state index contributed by atoms with van der Waals surface area (Å²) in [6.07, 6.45) is 0. The molecule has 0 saturated heterocycles. The third kappa shape index (κ3) is 6.24. The zero-order chi connectivity index (χ0) is 18.9. The Hall–Kier alpha value is -2.82. The van der Waals surface area contributed by atoms with Crippen LogP contribution in [-0.4, -0.2) is 37.4 Å². The van der Waals surface area contributed by atoms with Gasteiger partial charge in [0.25, 0.3) is 0 Å². The molecule has 0 spiro atoms. The standard InChI is InChI=1S/C21H28N4O/c1-16-9-8-10-18(13-16)14-22-21(23-15-20(26)25(3)4)24-17(2)19-11-6-5-7-12-19/h5-13,17H,14-15H2,1-4H3,(H2,22,23,24). The van der Waals surface area contributed by atoms with E-state index in [0.717, 1.165) is 11.1 Å². The van der Waals surface area contributed by atoms with Gasteiger partial charge in [0.05, 0.1) is 19.1 Å². The summed E-state index contributed by atoms with van der Waals surface area (Å²) in [5.41, 5.74) is 3.51. The van der Waals surface area contributed by atoms with Gasteiger partial charge < -0.3 is 15.5 Å². The molecule has 2 rings (SSSR count).